The predicted molar refractivity (Wildman–Crippen MR) is 89.0 cm³/mol. The molecular weight excluding hydrogens is 308 g/mol. The fraction of sp³-hybridized carbons (Fsp3) is 0.556. The molecule has 1 atom stereocenters. The van der Waals surface area contributed by atoms with Crippen LogP contribution in [0.3, 0.4) is 0 Å². The largest absolute Gasteiger partial charge is 0.493 e. The van der Waals surface area contributed by atoms with Crippen LogP contribution in [0.2, 0.25) is 0 Å². The molecule has 2 fully saturated rings. The number of hydrogen-bond acceptors (Lipinski definition) is 4. The minimum atomic E-state index is -0.250. The molecule has 4 rings (SSSR count). The van der Waals surface area contributed by atoms with Gasteiger partial charge in [0.05, 0.1) is 12.6 Å². The van der Waals surface area contributed by atoms with E-state index in [1.807, 2.05) is 17.0 Å². The van der Waals surface area contributed by atoms with E-state index in [4.69, 9.17) is 14.6 Å². The standard InChI is InChI=1S/C17H22N2O2.CH2O2/c1-18-8-4-6-14(18)16(20)19-10-17(11-19)9-13-5-2-3-7-15(13)21-12-17;2-1-3/h2-3,5,7,14H,4,6,8-12H2,1H3;1H,(H,2,3)/t14-;/m0./s1. The molecule has 0 bridgehead atoms. The summed E-state index contributed by atoms with van der Waals surface area (Å²) < 4.78 is 5.91. The van der Waals surface area contributed by atoms with E-state index in [1.165, 1.54) is 5.56 Å². The Morgan fingerprint density at radius 2 is 2.08 bits per heavy atom. The summed E-state index contributed by atoms with van der Waals surface area (Å²) in [5.74, 6) is 1.34. The second kappa shape index (κ2) is 6.81. The summed E-state index contributed by atoms with van der Waals surface area (Å²) in [6.45, 7) is 3.25. The van der Waals surface area contributed by atoms with E-state index >= 15 is 0 Å². The Bertz CT molecular complexity index is 613. The lowest BCUT2D eigenvalue weighted by Crippen LogP contribution is -2.65. The number of amides is 1. The van der Waals surface area contributed by atoms with Gasteiger partial charge in [0.2, 0.25) is 5.91 Å². The Hall–Kier alpha value is -2.08. The average Bonchev–Trinajstić information content (AvgIpc) is 2.98. The molecule has 1 N–H and O–H groups in total. The van der Waals surface area contributed by atoms with E-state index in [9.17, 15) is 4.79 Å². The number of likely N-dealkylation sites (N-methyl/N-ethyl adjacent to an activating group) is 1. The number of nitrogens with zero attached hydrogens (tertiary/aromatic N) is 2. The summed E-state index contributed by atoms with van der Waals surface area (Å²) in [5, 5.41) is 6.89. The minimum absolute atomic E-state index is 0.110. The van der Waals surface area contributed by atoms with Gasteiger partial charge in [-0.25, -0.2) is 0 Å². The highest BCUT2D eigenvalue weighted by atomic mass is 16.5. The van der Waals surface area contributed by atoms with Crippen molar-refractivity contribution in [2.45, 2.75) is 25.3 Å². The number of carbonyl (C=O) groups excluding carboxylic acids is 1. The van der Waals surface area contributed by atoms with Crippen LogP contribution in [-0.4, -0.2) is 66.6 Å². The first-order valence-electron chi connectivity index (χ1n) is 8.36. The molecule has 1 aromatic carbocycles. The number of para-hydroxylation sites is 1. The van der Waals surface area contributed by atoms with Crippen LogP contribution < -0.4 is 4.74 Å². The van der Waals surface area contributed by atoms with Crippen molar-refractivity contribution in [2.75, 3.05) is 33.3 Å². The zero-order chi connectivity index (χ0) is 17.2. The van der Waals surface area contributed by atoms with Gasteiger partial charge in [0.1, 0.15) is 5.75 Å². The summed E-state index contributed by atoms with van der Waals surface area (Å²) in [7, 11) is 2.06. The van der Waals surface area contributed by atoms with Crippen molar-refractivity contribution < 1.29 is 19.4 Å². The summed E-state index contributed by atoms with van der Waals surface area (Å²) in [5.41, 5.74) is 1.44. The maximum absolute atomic E-state index is 12.6. The Balaban J connectivity index is 0.000000526. The van der Waals surface area contributed by atoms with Crippen molar-refractivity contribution in [1.82, 2.24) is 9.80 Å². The van der Waals surface area contributed by atoms with E-state index in [1.54, 1.807) is 0 Å². The quantitative estimate of drug-likeness (QED) is 0.784. The van der Waals surface area contributed by atoms with Crippen molar-refractivity contribution in [3.8, 4) is 5.75 Å². The molecule has 24 heavy (non-hydrogen) atoms. The molecule has 1 amide bonds. The molecule has 0 radical (unpaired) electrons. The number of ether oxygens (including phenoxy) is 1. The first kappa shape index (κ1) is 16.8. The maximum atomic E-state index is 12.6. The van der Waals surface area contributed by atoms with Crippen molar-refractivity contribution >= 4 is 12.4 Å². The lowest BCUT2D eigenvalue weighted by Gasteiger charge is -2.52. The lowest BCUT2D eigenvalue weighted by atomic mass is 9.73. The second-order valence-electron chi connectivity index (χ2n) is 7.01. The second-order valence-corrected chi connectivity index (χ2v) is 7.01. The number of carbonyl (C=O) groups is 2. The molecule has 0 unspecified atom stereocenters. The molecule has 1 aromatic rings. The van der Waals surface area contributed by atoms with Crippen molar-refractivity contribution in [3.05, 3.63) is 29.8 Å². The van der Waals surface area contributed by atoms with Gasteiger partial charge in [-0.2, -0.15) is 0 Å². The van der Waals surface area contributed by atoms with Gasteiger partial charge in [-0.05, 0) is 44.5 Å². The van der Waals surface area contributed by atoms with Crippen LogP contribution in [-0.2, 0) is 16.0 Å². The molecule has 130 valence electrons. The van der Waals surface area contributed by atoms with Gasteiger partial charge in [0, 0.05) is 18.5 Å². The molecule has 2 saturated heterocycles. The monoisotopic (exact) mass is 332 g/mol. The smallest absolute Gasteiger partial charge is 0.290 e. The van der Waals surface area contributed by atoms with E-state index in [-0.39, 0.29) is 17.9 Å². The number of benzene rings is 1. The number of carboxylic acid groups (broad SMARTS) is 1. The van der Waals surface area contributed by atoms with Crippen molar-refractivity contribution in [3.63, 3.8) is 0 Å². The van der Waals surface area contributed by atoms with Crippen LogP contribution in [0.5, 0.6) is 5.75 Å². The molecule has 0 aromatic heterocycles. The van der Waals surface area contributed by atoms with Crippen LogP contribution in [0, 0.1) is 5.41 Å². The number of fused-ring (bicyclic) bond motifs is 1. The highest BCUT2D eigenvalue weighted by Gasteiger charge is 2.49. The van der Waals surface area contributed by atoms with Gasteiger partial charge in [-0.1, -0.05) is 18.2 Å². The highest BCUT2D eigenvalue weighted by molar-refractivity contribution is 5.83. The topological polar surface area (TPSA) is 70.1 Å². The van der Waals surface area contributed by atoms with Crippen LogP contribution >= 0.6 is 0 Å². The predicted octanol–water partition coefficient (Wildman–Crippen LogP) is 1.25. The summed E-state index contributed by atoms with van der Waals surface area (Å²) in [6.07, 6.45) is 3.19. The normalized spacial score (nSPS) is 24.2. The molecule has 3 aliphatic rings. The first-order valence-corrected chi connectivity index (χ1v) is 8.36. The van der Waals surface area contributed by atoms with E-state index in [0.717, 1.165) is 51.3 Å². The average molecular weight is 332 g/mol. The summed E-state index contributed by atoms with van der Waals surface area (Å²) in [4.78, 5) is 25.1. The Kier molecular flexibility index (Phi) is 4.76. The Labute approximate surface area is 142 Å². The maximum Gasteiger partial charge on any atom is 0.290 e. The van der Waals surface area contributed by atoms with Crippen molar-refractivity contribution in [2.24, 2.45) is 5.41 Å². The third kappa shape index (κ3) is 3.11. The van der Waals surface area contributed by atoms with Gasteiger partial charge >= 0.3 is 0 Å². The number of rotatable bonds is 1. The van der Waals surface area contributed by atoms with Crippen LogP contribution in [0.25, 0.3) is 0 Å². The molecule has 6 nitrogen and oxygen atoms in total. The zero-order valence-electron chi connectivity index (χ0n) is 14.0. The summed E-state index contributed by atoms with van der Waals surface area (Å²) >= 11 is 0. The molecule has 1 spiro atoms. The highest BCUT2D eigenvalue weighted by Crippen LogP contribution is 2.41. The lowest BCUT2D eigenvalue weighted by molar-refractivity contribution is -0.150. The minimum Gasteiger partial charge on any atom is -0.493 e. The SMILES string of the molecule is CN1CCC[C@H]1C(=O)N1CC2(COc3ccccc3C2)C1.O=CO. The van der Waals surface area contributed by atoms with Crippen LogP contribution in [0.15, 0.2) is 24.3 Å². The first-order chi connectivity index (χ1) is 11.6. The van der Waals surface area contributed by atoms with Crippen molar-refractivity contribution in [1.29, 1.82) is 0 Å². The fourth-order valence-electron chi connectivity index (χ4n) is 4.03. The van der Waals surface area contributed by atoms with E-state index in [2.05, 4.69) is 24.1 Å². The molecule has 3 aliphatic heterocycles. The van der Waals surface area contributed by atoms with Gasteiger partial charge in [0.15, 0.2) is 0 Å². The third-order valence-electron chi connectivity index (χ3n) is 5.24. The van der Waals surface area contributed by atoms with Gasteiger partial charge < -0.3 is 14.7 Å². The van der Waals surface area contributed by atoms with Gasteiger partial charge in [-0.15, -0.1) is 0 Å². The van der Waals surface area contributed by atoms with Gasteiger partial charge in [-0.3, -0.25) is 14.5 Å². The summed E-state index contributed by atoms with van der Waals surface area (Å²) in [6, 6.07) is 8.38. The van der Waals surface area contributed by atoms with Gasteiger partial charge in [0.25, 0.3) is 6.47 Å². The molecule has 0 saturated carbocycles. The molecule has 0 aliphatic carbocycles. The number of likely N-dealkylation sites (tertiary alicyclic amines) is 2. The third-order valence-corrected chi connectivity index (χ3v) is 5.24. The molecule has 3 heterocycles. The van der Waals surface area contributed by atoms with E-state index in [0.29, 0.717) is 5.91 Å². The fourth-order valence-corrected chi connectivity index (χ4v) is 4.03. The Morgan fingerprint density at radius 3 is 2.75 bits per heavy atom. The Morgan fingerprint density at radius 1 is 1.38 bits per heavy atom. The van der Waals surface area contributed by atoms with E-state index < -0.39 is 0 Å². The number of hydrogen-bond donors (Lipinski definition) is 1. The zero-order valence-corrected chi connectivity index (χ0v) is 14.0. The van der Waals surface area contributed by atoms with Crippen LogP contribution in [0.4, 0.5) is 0 Å². The molecule has 6 heteroatoms. The van der Waals surface area contributed by atoms with Crippen LogP contribution in [0.1, 0.15) is 18.4 Å². The molecular formula is C18H24N2O4.